The van der Waals surface area contributed by atoms with Crippen LogP contribution in [-0.2, 0) is 9.53 Å². The summed E-state index contributed by atoms with van der Waals surface area (Å²) in [6.45, 7) is 1.30. The van der Waals surface area contributed by atoms with Crippen LogP contribution in [0.25, 0.3) is 0 Å². The number of carbonyl (C=O) groups excluding carboxylic acids is 3. The number of nitrogens with zero attached hydrogens (tertiary/aromatic N) is 1. The molecule has 3 aromatic rings. The molecular weight excluding hydrogens is 396 g/mol. The van der Waals surface area contributed by atoms with Crippen LogP contribution in [0.2, 0.25) is 0 Å². The molecule has 7 nitrogen and oxygen atoms in total. The van der Waals surface area contributed by atoms with E-state index in [1.54, 1.807) is 59.5 Å². The largest absolute Gasteiger partial charge is 0.459 e. The van der Waals surface area contributed by atoms with Crippen LogP contribution in [0.15, 0.2) is 77.4 Å². The maximum absolute atomic E-state index is 13.1. The van der Waals surface area contributed by atoms with Crippen LogP contribution in [0, 0.1) is 0 Å². The summed E-state index contributed by atoms with van der Waals surface area (Å²) in [5, 5.41) is 2.66. The highest BCUT2D eigenvalue weighted by Gasteiger charge is 2.32. The van der Waals surface area contributed by atoms with Crippen molar-refractivity contribution in [1.29, 1.82) is 0 Å². The van der Waals surface area contributed by atoms with Gasteiger partial charge in [0.05, 0.1) is 17.5 Å². The second kappa shape index (κ2) is 9.30. The Balaban J connectivity index is 1.57. The van der Waals surface area contributed by atoms with E-state index in [-0.39, 0.29) is 22.9 Å². The third kappa shape index (κ3) is 4.66. The molecule has 1 aliphatic rings. The Kier molecular flexibility index (Phi) is 6.12. The van der Waals surface area contributed by atoms with Crippen LogP contribution in [0.5, 0.6) is 0 Å². The summed E-state index contributed by atoms with van der Waals surface area (Å²) in [7, 11) is 0. The zero-order valence-corrected chi connectivity index (χ0v) is 16.8. The van der Waals surface area contributed by atoms with Crippen molar-refractivity contribution in [2.45, 2.75) is 18.9 Å². The van der Waals surface area contributed by atoms with Gasteiger partial charge in [-0.1, -0.05) is 42.5 Å². The summed E-state index contributed by atoms with van der Waals surface area (Å²) in [6.07, 6.45) is 2.20. The van der Waals surface area contributed by atoms with E-state index in [1.807, 2.05) is 6.07 Å². The Labute approximate surface area is 179 Å². The number of esters is 1. The number of hydrogen-bond acceptors (Lipinski definition) is 5. The first-order valence-corrected chi connectivity index (χ1v) is 10.1. The SMILES string of the molecule is O=C(Nc1ccccc1C(=O)O[C@H](C(=O)N1CCCC1)c1ccccc1)c1ccco1. The Morgan fingerprint density at radius 3 is 2.32 bits per heavy atom. The summed E-state index contributed by atoms with van der Waals surface area (Å²) in [4.78, 5) is 40.2. The molecule has 0 aliphatic carbocycles. The van der Waals surface area contributed by atoms with E-state index in [0.29, 0.717) is 18.7 Å². The van der Waals surface area contributed by atoms with Crippen LogP contribution in [0.1, 0.15) is 45.4 Å². The molecule has 31 heavy (non-hydrogen) atoms. The van der Waals surface area contributed by atoms with Crippen molar-refractivity contribution in [2.24, 2.45) is 0 Å². The number of likely N-dealkylation sites (tertiary alicyclic amines) is 1. The van der Waals surface area contributed by atoms with Gasteiger partial charge in [0, 0.05) is 18.7 Å². The number of anilines is 1. The number of para-hydroxylation sites is 1. The number of amides is 2. The third-order valence-electron chi connectivity index (χ3n) is 5.11. The number of benzene rings is 2. The average Bonchev–Trinajstić information content (AvgIpc) is 3.52. The van der Waals surface area contributed by atoms with E-state index in [1.165, 1.54) is 12.3 Å². The molecule has 158 valence electrons. The Bertz CT molecular complexity index is 1060. The fourth-order valence-electron chi connectivity index (χ4n) is 3.52. The van der Waals surface area contributed by atoms with E-state index in [9.17, 15) is 14.4 Å². The smallest absolute Gasteiger partial charge is 0.341 e. The number of ether oxygens (including phenoxy) is 1. The molecule has 1 N–H and O–H groups in total. The fraction of sp³-hybridized carbons (Fsp3) is 0.208. The zero-order chi connectivity index (χ0) is 21.6. The van der Waals surface area contributed by atoms with Gasteiger partial charge in [-0.15, -0.1) is 0 Å². The van der Waals surface area contributed by atoms with Crippen molar-refractivity contribution in [2.75, 3.05) is 18.4 Å². The molecule has 1 saturated heterocycles. The molecule has 1 aliphatic heterocycles. The molecule has 2 heterocycles. The lowest BCUT2D eigenvalue weighted by molar-refractivity contribution is -0.140. The third-order valence-corrected chi connectivity index (χ3v) is 5.11. The van der Waals surface area contributed by atoms with Crippen LogP contribution >= 0.6 is 0 Å². The molecular formula is C24H22N2O5. The molecule has 0 unspecified atom stereocenters. The number of carbonyl (C=O) groups is 3. The number of nitrogens with one attached hydrogen (secondary N) is 1. The molecule has 2 aromatic carbocycles. The van der Waals surface area contributed by atoms with Gasteiger partial charge in [-0.05, 0) is 37.1 Å². The number of hydrogen-bond donors (Lipinski definition) is 1. The summed E-state index contributed by atoms with van der Waals surface area (Å²) in [5.41, 5.74) is 1.02. The van der Waals surface area contributed by atoms with Crippen LogP contribution in [-0.4, -0.2) is 35.8 Å². The first-order valence-electron chi connectivity index (χ1n) is 10.1. The van der Waals surface area contributed by atoms with Gasteiger partial charge in [0.15, 0.2) is 5.76 Å². The monoisotopic (exact) mass is 418 g/mol. The molecule has 0 radical (unpaired) electrons. The first-order chi connectivity index (χ1) is 15.1. The summed E-state index contributed by atoms with van der Waals surface area (Å²) < 4.78 is 10.8. The van der Waals surface area contributed by atoms with Gasteiger partial charge in [-0.3, -0.25) is 9.59 Å². The molecule has 2 amide bonds. The number of rotatable bonds is 6. The van der Waals surface area contributed by atoms with Crippen molar-refractivity contribution >= 4 is 23.5 Å². The molecule has 0 bridgehead atoms. The average molecular weight is 418 g/mol. The van der Waals surface area contributed by atoms with E-state index in [2.05, 4.69) is 5.32 Å². The second-order valence-electron chi connectivity index (χ2n) is 7.21. The van der Waals surface area contributed by atoms with Gasteiger partial charge >= 0.3 is 5.97 Å². The lowest BCUT2D eigenvalue weighted by Gasteiger charge is -2.24. The van der Waals surface area contributed by atoms with Gasteiger partial charge in [-0.25, -0.2) is 4.79 Å². The molecule has 0 spiro atoms. The van der Waals surface area contributed by atoms with Crippen molar-refractivity contribution in [3.63, 3.8) is 0 Å². The molecule has 0 saturated carbocycles. The van der Waals surface area contributed by atoms with Crippen molar-refractivity contribution in [1.82, 2.24) is 4.90 Å². The molecule has 4 rings (SSSR count). The predicted molar refractivity (Wildman–Crippen MR) is 114 cm³/mol. The highest BCUT2D eigenvalue weighted by molar-refractivity contribution is 6.07. The van der Waals surface area contributed by atoms with Gasteiger partial charge in [0.2, 0.25) is 6.10 Å². The zero-order valence-electron chi connectivity index (χ0n) is 16.8. The second-order valence-corrected chi connectivity index (χ2v) is 7.21. The summed E-state index contributed by atoms with van der Waals surface area (Å²) >= 11 is 0. The van der Waals surface area contributed by atoms with Crippen LogP contribution in [0.3, 0.4) is 0 Å². The van der Waals surface area contributed by atoms with Crippen molar-refractivity contribution in [3.8, 4) is 0 Å². The number of furan rings is 1. The van der Waals surface area contributed by atoms with Crippen LogP contribution in [0.4, 0.5) is 5.69 Å². The van der Waals surface area contributed by atoms with Crippen molar-refractivity contribution in [3.05, 3.63) is 89.9 Å². The maximum atomic E-state index is 13.1. The first kappa shape index (κ1) is 20.4. The highest BCUT2D eigenvalue weighted by atomic mass is 16.5. The predicted octanol–water partition coefficient (Wildman–Crippen LogP) is 4.05. The fourth-order valence-corrected chi connectivity index (χ4v) is 3.52. The van der Waals surface area contributed by atoms with Crippen LogP contribution < -0.4 is 5.32 Å². The van der Waals surface area contributed by atoms with Gasteiger partial charge in [0.1, 0.15) is 0 Å². The van der Waals surface area contributed by atoms with Gasteiger partial charge in [-0.2, -0.15) is 0 Å². The standard InChI is InChI=1S/C24H22N2O5/c27-22(20-13-8-16-30-20)25-19-12-5-4-11-18(19)24(29)31-21(17-9-2-1-3-10-17)23(28)26-14-6-7-15-26/h1-5,8-13,16,21H,6-7,14-15H2,(H,25,27)/t21-/m0/s1. The molecule has 1 atom stereocenters. The quantitative estimate of drug-likeness (QED) is 0.610. The Morgan fingerprint density at radius 1 is 0.903 bits per heavy atom. The highest BCUT2D eigenvalue weighted by Crippen LogP contribution is 2.26. The molecule has 1 fully saturated rings. The maximum Gasteiger partial charge on any atom is 0.341 e. The van der Waals surface area contributed by atoms with E-state index in [0.717, 1.165) is 12.8 Å². The minimum absolute atomic E-state index is 0.120. The summed E-state index contributed by atoms with van der Waals surface area (Å²) in [5.74, 6) is -1.31. The Hall–Kier alpha value is -3.87. The lowest BCUT2D eigenvalue weighted by atomic mass is 10.1. The van der Waals surface area contributed by atoms with E-state index in [4.69, 9.17) is 9.15 Å². The summed E-state index contributed by atoms with van der Waals surface area (Å²) in [6, 6.07) is 18.6. The van der Waals surface area contributed by atoms with Gasteiger partial charge in [0.25, 0.3) is 11.8 Å². The molecule has 1 aromatic heterocycles. The normalized spacial score (nSPS) is 14.1. The minimum atomic E-state index is -1.05. The topological polar surface area (TPSA) is 88.8 Å². The molecule has 7 heteroatoms. The lowest BCUT2D eigenvalue weighted by Crippen LogP contribution is -2.35. The minimum Gasteiger partial charge on any atom is -0.459 e. The van der Waals surface area contributed by atoms with E-state index >= 15 is 0 Å². The van der Waals surface area contributed by atoms with Crippen molar-refractivity contribution < 1.29 is 23.5 Å². The Morgan fingerprint density at radius 2 is 1.61 bits per heavy atom. The van der Waals surface area contributed by atoms with Gasteiger partial charge < -0.3 is 19.4 Å². The van der Waals surface area contributed by atoms with E-state index < -0.39 is 18.0 Å².